The zero-order valence-corrected chi connectivity index (χ0v) is 14.4. The summed E-state index contributed by atoms with van der Waals surface area (Å²) >= 11 is 0. The number of ketones is 2. The molecule has 0 N–H and O–H groups in total. The first kappa shape index (κ1) is 18.3. The van der Waals surface area contributed by atoms with E-state index in [0.717, 1.165) is 51.7 Å². The number of nitrogens with zero attached hydrogens (tertiary/aromatic N) is 1. The Morgan fingerprint density at radius 2 is 1.62 bits per heavy atom. The second-order valence-electron chi connectivity index (χ2n) is 6.65. The average Bonchev–Trinajstić information content (AvgIpc) is 2.50. The van der Waals surface area contributed by atoms with Crippen molar-refractivity contribution in [1.29, 1.82) is 0 Å². The second kappa shape index (κ2) is 9.34. The van der Waals surface area contributed by atoms with Gasteiger partial charge in [-0.3, -0.25) is 9.59 Å². The van der Waals surface area contributed by atoms with Crippen LogP contribution >= 0.6 is 0 Å². The molecule has 1 rings (SSSR count). The van der Waals surface area contributed by atoms with Crippen LogP contribution in [0.3, 0.4) is 0 Å². The fraction of sp³-hybridized carbons (Fsp3) is 0.889. The Balaban J connectivity index is 2.51. The van der Waals surface area contributed by atoms with E-state index in [1.54, 1.807) is 0 Å². The molecule has 21 heavy (non-hydrogen) atoms. The van der Waals surface area contributed by atoms with E-state index in [4.69, 9.17) is 0 Å². The Labute approximate surface area is 130 Å². The lowest BCUT2D eigenvalue weighted by Crippen LogP contribution is -2.35. The molecule has 0 heterocycles. The lowest BCUT2D eigenvalue weighted by atomic mass is 9.72. The highest BCUT2D eigenvalue weighted by molar-refractivity contribution is 5.90. The topological polar surface area (TPSA) is 37.4 Å². The Morgan fingerprint density at radius 3 is 2.14 bits per heavy atom. The van der Waals surface area contributed by atoms with E-state index in [1.807, 2.05) is 13.8 Å². The van der Waals surface area contributed by atoms with Crippen LogP contribution in [0, 0.1) is 17.8 Å². The molecule has 2 atom stereocenters. The summed E-state index contributed by atoms with van der Waals surface area (Å²) < 4.78 is 0. The molecule has 0 unspecified atom stereocenters. The summed E-state index contributed by atoms with van der Waals surface area (Å²) in [6.07, 6.45) is 5.63. The van der Waals surface area contributed by atoms with Gasteiger partial charge in [-0.15, -0.1) is 0 Å². The van der Waals surface area contributed by atoms with Gasteiger partial charge in [0.25, 0.3) is 0 Å². The Kier molecular flexibility index (Phi) is 8.16. The minimum atomic E-state index is -0.000275. The number of Topliss-reactive ketones (excluding diaryl/α,β-unsaturated/α-hetero) is 2. The number of rotatable bonds is 9. The standard InChI is InChI=1S/C18H33NO2/c1-5-19(6-2)13-9-12-17(20)15-10-7-8-11-16(15)18(21)14(3)4/h14-16H,5-13H2,1-4H3/t15-,16+/m1/s1. The van der Waals surface area contributed by atoms with Gasteiger partial charge in [0.1, 0.15) is 11.6 Å². The van der Waals surface area contributed by atoms with Gasteiger partial charge in [-0.2, -0.15) is 0 Å². The van der Waals surface area contributed by atoms with Crippen molar-refractivity contribution >= 4 is 11.6 Å². The van der Waals surface area contributed by atoms with Crippen molar-refractivity contribution in [2.24, 2.45) is 17.8 Å². The molecule has 0 radical (unpaired) electrons. The first-order valence-electron chi connectivity index (χ1n) is 8.80. The van der Waals surface area contributed by atoms with Gasteiger partial charge < -0.3 is 4.90 Å². The van der Waals surface area contributed by atoms with Gasteiger partial charge >= 0.3 is 0 Å². The van der Waals surface area contributed by atoms with Crippen LogP contribution < -0.4 is 0 Å². The molecule has 1 saturated carbocycles. The summed E-state index contributed by atoms with van der Waals surface area (Å²) in [5.74, 6) is 0.696. The summed E-state index contributed by atoms with van der Waals surface area (Å²) in [6, 6.07) is 0. The predicted molar refractivity (Wildman–Crippen MR) is 87.3 cm³/mol. The first-order valence-corrected chi connectivity index (χ1v) is 8.80. The Bertz CT molecular complexity index is 334. The van der Waals surface area contributed by atoms with E-state index < -0.39 is 0 Å². The van der Waals surface area contributed by atoms with Crippen LogP contribution in [0.25, 0.3) is 0 Å². The van der Waals surface area contributed by atoms with Crippen molar-refractivity contribution in [1.82, 2.24) is 4.90 Å². The van der Waals surface area contributed by atoms with Crippen molar-refractivity contribution in [3.8, 4) is 0 Å². The smallest absolute Gasteiger partial charge is 0.139 e. The number of hydrogen-bond donors (Lipinski definition) is 0. The van der Waals surface area contributed by atoms with Gasteiger partial charge in [0, 0.05) is 24.2 Å². The maximum atomic E-state index is 12.5. The maximum absolute atomic E-state index is 12.5. The van der Waals surface area contributed by atoms with E-state index in [0.29, 0.717) is 18.0 Å². The third-order valence-electron chi connectivity index (χ3n) is 4.91. The van der Waals surface area contributed by atoms with E-state index in [2.05, 4.69) is 18.7 Å². The quantitative estimate of drug-likeness (QED) is 0.651. The molecule has 3 nitrogen and oxygen atoms in total. The molecule has 1 aliphatic carbocycles. The van der Waals surface area contributed by atoms with Gasteiger partial charge in [-0.1, -0.05) is 40.5 Å². The lowest BCUT2D eigenvalue weighted by Gasteiger charge is -2.30. The van der Waals surface area contributed by atoms with E-state index in [9.17, 15) is 9.59 Å². The van der Waals surface area contributed by atoms with Crippen molar-refractivity contribution in [3.63, 3.8) is 0 Å². The van der Waals surface area contributed by atoms with Crippen LogP contribution in [0.2, 0.25) is 0 Å². The van der Waals surface area contributed by atoms with Crippen LogP contribution in [0.5, 0.6) is 0 Å². The minimum Gasteiger partial charge on any atom is -0.304 e. The normalized spacial score (nSPS) is 22.8. The summed E-state index contributed by atoms with van der Waals surface area (Å²) in [5.41, 5.74) is 0. The average molecular weight is 295 g/mol. The zero-order chi connectivity index (χ0) is 15.8. The molecule has 0 aliphatic heterocycles. The highest BCUT2D eigenvalue weighted by atomic mass is 16.1. The number of carbonyl (C=O) groups is 2. The molecule has 0 spiro atoms. The fourth-order valence-corrected chi connectivity index (χ4v) is 3.49. The largest absolute Gasteiger partial charge is 0.304 e. The van der Waals surface area contributed by atoms with Gasteiger partial charge in [0.2, 0.25) is 0 Å². The summed E-state index contributed by atoms with van der Waals surface area (Å²) in [4.78, 5) is 27.2. The van der Waals surface area contributed by atoms with Gasteiger partial charge in [0.05, 0.1) is 0 Å². The summed E-state index contributed by atoms with van der Waals surface area (Å²) in [6.45, 7) is 11.3. The minimum absolute atomic E-state index is 0.000275. The van der Waals surface area contributed by atoms with E-state index >= 15 is 0 Å². The van der Waals surface area contributed by atoms with Gasteiger partial charge in [-0.05, 0) is 38.9 Å². The van der Waals surface area contributed by atoms with Crippen molar-refractivity contribution < 1.29 is 9.59 Å². The monoisotopic (exact) mass is 295 g/mol. The van der Waals surface area contributed by atoms with Crippen LogP contribution in [0.15, 0.2) is 0 Å². The fourth-order valence-electron chi connectivity index (χ4n) is 3.49. The van der Waals surface area contributed by atoms with Crippen LogP contribution in [0.4, 0.5) is 0 Å². The molecule has 122 valence electrons. The molecule has 0 amide bonds. The predicted octanol–water partition coefficient (Wildman–Crippen LogP) is 3.71. The second-order valence-corrected chi connectivity index (χ2v) is 6.65. The SMILES string of the molecule is CCN(CC)CCCC(=O)[C@@H]1CCCC[C@@H]1C(=O)C(C)C. The van der Waals surface area contributed by atoms with Crippen LogP contribution in [-0.2, 0) is 9.59 Å². The van der Waals surface area contributed by atoms with Crippen molar-refractivity contribution in [2.75, 3.05) is 19.6 Å². The zero-order valence-electron chi connectivity index (χ0n) is 14.4. The van der Waals surface area contributed by atoms with Crippen LogP contribution in [0.1, 0.15) is 66.2 Å². The molecule has 1 aliphatic rings. The molecule has 0 aromatic rings. The van der Waals surface area contributed by atoms with Crippen molar-refractivity contribution in [3.05, 3.63) is 0 Å². The molecule has 3 heteroatoms. The third-order valence-corrected chi connectivity index (χ3v) is 4.91. The molecule has 1 fully saturated rings. The number of carbonyl (C=O) groups excluding carboxylic acids is 2. The highest BCUT2D eigenvalue weighted by Gasteiger charge is 2.35. The molecular weight excluding hydrogens is 262 g/mol. The molecule has 0 saturated heterocycles. The Morgan fingerprint density at radius 1 is 1.05 bits per heavy atom. The summed E-state index contributed by atoms with van der Waals surface area (Å²) in [7, 11) is 0. The van der Waals surface area contributed by atoms with E-state index in [1.165, 1.54) is 0 Å². The lowest BCUT2D eigenvalue weighted by molar-refractivity contribution is -0.136. The van der Waals surface area contributed by atoms with Crippen LogP contribution in [-0.4, -0.2) is 36.1 Å². The molecule has 0 aromatic heterocycles. The highest BCUT2D eigenvalue weighted by Crippen LogP contribution is 2.34. The van der Waals surface area contributed by atoms with Gasteiger partial charge in [-0.25, -0.2) is 0 Å². The summed E-state index contributed by atoms with van der Waals surface area (Å²) in [5, 5.41) is 0. The maximum Gasteiger partial charge on any atom is 0.139 e. The van der Waals surface area contributed by atoms with E-state index in [-0.39, 0.29) is 17.8 Å². The first-order chi connectivity index (χ1) is 10.0. The van der Waals surface area contributed by atoms with Gasteiger partial charge in [0.15, 0.2) is 0 Å². The third kappa shape index (κ3) is 5.54. The molecule has 0 aromatic carbocycles. The molecule has 0 bridgehead atoms. The molecular formula is C18H33NO2. The van der Waals surface area contributed by atoms with Crippen molar-refractivity contribution in [2.45, 2.75) is 66.2 Å². The Hall–Kier alpha value is -0.700. The number of hydrogen-bond acceptors (Lipinski definition) is 3.